The first-order valence-corrected chi connectivity index (χ1v) is 9.32. The molecule has 0 aromatic heterocycles. The second kappa shape index (κ2) is 10.2. The summed E-state index contributed by atoms with van der Waals surface area (Å²) in [7, 11) is 0. The van der Waals surface area contributed by atoms with Gasteiger partial charge in [0.15, 0.2) is 0 Å². The average Bonchev–Trinajstić information content (AvgIpc) is 2.52. The maximum absolute atomic E-state index is 12.6. The number of urea groups is 1. The van der Waals surface area contributed by atoms with Gasteiger partial charge in [-0.05, 0) is 42.5 Å². The van der Waals surface area contributed by atoms with E-state index in [0.717, 1.165) is 4.47 Å². The SMILES string of the molecule is CC(C)CC(NC(=O)Nc1ccc(Br)cc1)C(=O)N[C@H](C(N)=O)C(C)C. The van der Waals surface area contributed by atoms with E-state index in [4.69, 9.17) is 5.73 Å². The van der Waals surface area contributed by atoms with Gasteiger partial charge in [0.2, 0.25) is 11.8 Å². The number of nitrogens with one attached hydrogen (secondary N) is 3. The van der Waals surface area contributed by atoms with E-state index in [-0.39, 0.29) is 11.8 Å². The van der Waals surface area contributed by atoms with E-state index in [1.165, 1.54) is 0 Å². The average molecular weight is 427 g/mol. The lowest BCUT2D eigenvalue weighted by atomic mass is 10.0. The highest BCUT2D eigenvalue weighted by Gasteiger charge is 2.27. The zero-order chi connectivity index (χ0) is 19.9. The molecule has 0 aliphatic heterocycles. The van der Waals surface area contributed by atoms with Crippen molar-refractivity contribution in [2.75, 3.05) is 5.32 Å². The Balaban J connectivity index is 2.78. The third-order valence-corrected chi connectivity index (χ3v) is 4.23. The number of carbonyl (C=O) groups is 3. The zero-order valence-corrected chi connectivity index (χ0v) is 17.1. The predicted molar refractivity (Wildman–Crippen MR) is 106 cm³/mol. The number of hydrogen-bond donors (Lipinski definition) is 4. The monoisotopic (exact) mass is 426 g/mol. The number of benzene rings is 1. The normalized spacial score (nSPS) is 13.2. The molecule has 0 radical (unpaired) electrons. The zero-order valence-electron chi connectivity index (χ0n) is 15.5. The van der Waals surface area contributed by atoms with E-state index in [0.29, 0.717) is 12.1 Å². The fourth-order valence-electron chi connectivity index (χ4n) is 2.38. The van der Waals surface area contributed by atoms with Crippen LogP contribution in [0.2, 0.25) is 0 Å². The molecule has 0 aliphatic carbocycles. The molecule has 4 amide bonds. The van der Waals surface area contributed by atoms with Crippen LogP contribution in [0, 0.1) is 11.8 Å². The van der Waals surface area contributed by atoms with Gasteiger partial charge in [0, 0.05) is 10.2 Å². The van der Waals surface area contributed by atoms with E-state index in [2.05, 4.69) is 31.9 Å². The lowest BCUT2D eigenvalue weighted by molar-refractivity contribution is -0.129. The van der Waals surface area contributed by atoms with Gasteiger partial charge in [-0.3, -0.25) is 9.59 Å². The Kier molecular flexibility index (Phi) is 8.57. The maximum Gasteiger partial charge on any atom is 0.319 e. The molecule has 0 aliphatic rings. The summed E-state index contributed by atoms with van der Waals surface area (Å²) in [5.41, 5.74) is 5.95. The third kappa shape index (κ3) is 7.43. The summed E-state index contributed by atoms with van der Waals surface area (Å²) in [5.74, 6) is -1.00. The molecule has 0 saturated heterocycles. The fourth-order valence-corrected chi connectivity index (χ4v) is 2.65. The van der Waals surface area contributed by atoms with Gasteiger partial charge in [-0.25, -0.2) is 4.79 Å². The summed E-state index contributed by atoms with van der Waals surface area (Å²) >= 11 is 3.33. The van der Waals surface area contributed by atoms with E-state index in [1.807, 2.05) is 13.8 Å². The van der Waals surface area contributed by atoms with Crippen LogP contribution in [0.5, 0.6) is 0 Å². The predicted octanol–water partition coefficient (Wildman–Crippen LogP) is 2.61. The van der Waals surface area contributed by atoms with Crippen LogP contribution in [0.3, 0.4) is 0 Å². The summed E-state index contributed by atoms with van der Waals surface area (Å²) in [6, 6.07) is 5.03. The van der Waals surface area contributed by atoms with Crippen LogP contribution in [0.4, 0.5) is 10.5 Å². The second-order valence-electron chi connectivity index (χ2n) is 6.92. The topological polar surface area (TPSA) is 113 Å². The summed E-state index contributed by atoms with van der Waals surface area (Å²) < 4.78 is 0.895. The van der Waals surface area contributed by atoms with Crippen molar-refractivity contribution in [3.8, 4) is 0 Å². The van der Waals surface area contributed by atoms with Crippen LogP contribution in [-0.4, -0.2) is 29.9 Å². The Hall–Kier alpha value is -2.09. The van der Waals surface area contributed by atoms with Gasteiger partial charge in [-0.1, -0.05) is 43.6 Å². The molecule has 0 bridgehead atoms. The molecule has 26 heavy (non-hydrogen) atoms. The molecule has 2 atom stereocenters. The molecule has 0 heterocycles. The number of anilines is 1. The van der Waals surface area contributed by atoms with Gasteiger partial charge in [-0.15, -0.1) is 0 Å². The molecule has 5 N–H and O–H groups in total. The van der Waals surface area contributed by atoms with E-state index in [9.17, 15) is 14.4 Å². The summed E-state index contributed by atoms with van der Waals surface area (Å²) in [6.07, 6.45) is 0.434. The van der Waals surface area contributed by atoms with Crippen molar-refractivity contribution < 1.29 is 14.4 Å². The maximum atomic E-state index is 12.6. The summed E-state index contributed by atoms with van der Waals surface area (Å²) in [6.45, 7) is 7.48. The summed E-state index contributed by atoms with van der Waals surface area (Å²) in [4.78, 5) is 36.3. The molecule has 1 aromatic rings. The van der Waals surface area contributed by atoms with E-state index < -0.39 is 29.9 Å². The van der Waals surface area contributed by atoms with Crippen molar-refractivity contribution in [2.24, 2.45) is 17.6 Å². The smallest absolute Gasteiger partial charge is 0.319 e. The molecule has 0 spiro atoms. The lowest BCUT2D eigenvalue weighted by Crippen LogP contribution is -2.55. The molecule has 0 fully saturated rings. The van der Waals surface area contributed by atoms with Gasteiger partial charge < -0.3 is 21.7 Å². The van der Waals surface area contributed by atoms with Crippen LogP contribution >= 0.6 is 15.9 Å². The quantitative estimate of drug-likeness (QED) is 0.512. The number of halogens is 1. The molecular weight excluding hydrogens is 400 g/mol. The Labute approximate surface area is 162 Å². The van der Waals surface area contributed by atoms with E-state index in [1.54, 1.807) is 38.1 Å². The Morgan fingerprint density at radius 2 is 1.62 bits per heavy atom. The minimum absolute atomic E-state index is 0.146. The molecule has 7 nitrogen and oxygen atoms in total. The van der Waals surface area contributed by atoms with Crippen molar-refractivity contribution in [3.63, 3.8) is 0 Å². The van der Waals surface area contributed by atoms with Crippen molar-refractivity contribution in [1.29, 1.82) is 0 Å². The largest absolute Gasteiger partial charge is 0.368 e. The second-order valence-corrected chi connectivity index (χ2v) is 7.84. The summed E-state index contributed by atoms with van der Waals surface area (Å²) in [5, 5.41) is 7.99. The highest BCUT2D eigenvalue weighted by atomic mass is 79.9. The number of carbonyl (C=O) groups excluding carboxylic acids is 3. The molecule has 8 heteroatoms. The molecule has 0 saturated carbocycles. The fraction of sp³-hybridized carbons (Fsp3) is 0.500. The van der Waals surface area contributed by atoms with Gasteiger partial charge in [0.1, 0.15) is 12.1 Å². The van der Waals surface area contributed by atoms with Crippen LogP contribution in [-0.2, 0) is 9.59 Å². The van der Waals surface area contributed by atoms with Gasteiger partial charge in [-0.2, -0.15) is 0 Å². The minimum atomic E-state index is -0.784. The van der Waals surface area contributed by atoms with Gasteiger partial charge in [0.25, 0.3) is 0 Å². The van der Waals surface area contributed by atoms with E-state index >= 15 is 0 Å². The van der Waals surface area contributed by atoms with Crippen LogP contribution in [0.15, 0.2) is 28.7 Å². The molecule has 1 unspecified atom stereocenters. The van der Waals surface area contributed by atoms with Crippen LogP contribution in [0.25, 0.3) is 0 Å². The number of primary amides is 1. The first-order valence-electron chi connectivity index (χ1n) is 8.53. The third-order valence-electron chi connectivity index (χ3n) is 3.70. The standard InChI is InChI=1S/C18H27BrN4O3/c1-10(2)9-14(17(25)23-15(11(3)4)16(20)24)22-18(26)21-13-7-5-12(19)6-8-13/h5-8,10-11,14-15H,9H2,1-4H3,(H2,20,24)(H,23,25)(H2,21,22,26)/t14?,15-/m0/s1. The van der Waals surface area contributed by atoms with Crippen molar-refractivity contribution in [1.82, 2.24) is 10.6 Å². The minimum Gasteiger partial charge on any atom is -0.368 e. The number of hydrogen-bond acceptors (Lipinski definition) is 3. The molecule has 1 aromatic carbocycles. The van der Waals surface area contributed by atoms with Gasteiger partial charge in [0.05, 0.1) is 0 Å². The first-order chi connectivity index (χ1) is 12.1. The Morgan fingerprint density at radius 3 is 2.08 bits per heavy atom. The highest BCUT2D eigenvalue weighted by molar-refractivity contribution is 9.10. The Morgan fingerprint density at radius 1 is 1.04 bits per heavy atom. The van der Waals surface area contributed by atoms with Crippen molar-refractivity contribution in [2.45, 2.75) is 46.2 Å². The lowest BCUT2D eigenvalue weighted by Gasteiger charge is -2.25. The molecule has 1 rings (SSSR count). The number of rotatable bonds is 8. The molecule has 144 valence electrons. The molecular formula is C18H27BrN4O3. The number of nitrogens with two attached hydrogens (primary N) is 1. The van der Waals surface area contributed by atoms with Crippen molar-refractivity contribution >= 4 is 39.5 Å². The number of amides is 4. The first kappa shape index (κ1) is 22.0. The highest BCUT2D eigenvalue weighted by Crippen LogP contribution is 2.14. The Bertz CT molecular complexity index is 632. The van der Waals surface area contributed by atoms with Crippen molar-refractivity contribution in [3.05, 3.63) is 28.7 Å². The van der Waals surface area contributed by atoms with Gasteiger partial charge >= 0.3 is 6.03 Å². The van der Waals surface area contributed by atoms with Crippen LogP contribution < -0.4 is 21.7 Å². The van der Waals surface area contributed by atoms with Crippen LogP contribution in [0.1, 0.15) is 34.1 Å².